The molecule has 0 aliphatic heterocycles. The number of carbonyl (C=O) groups is 5. The monoisotopic (exact) mass is 763 g/mol. The topological polar surface area (TPSA) is 198 Å². The van der Waals surface area contributed by atoms with Crippen LogP contribution in [0.1, 0.15) is 85.7 Å². The number of hydrogen-bond donors (Lipinski definition) is 6. The standard InChI is InChI=1S/C25H37N5O2.C9H12.C4H5NS.CH3NO.2CH2O/c1-17(21-6-8-23(26)9-7-21)30-25(32)18(2)28-13-10-20-14-22(19(3)31)16-24(15-20)29-12-5-11-27-4;1-8(2)9-6-4-3-5-7-9;1-4-2-6-3-5-4;2-1-3;2*1-2/h6-9,14-18,27-29H,5,10-13,26H2,1-4H3,(H,30,32);3-8H,1-2H3;2-3H,1H3;1H,(H2,2,3);2*1H2/t17-,18?;;;;;/m1...../s1. The number of nitrogens with zero attached hydrogens (tertiary/aromatic N) is 1. The molecular weight excluding hydrogens is 703 g/mol. The highest BCUT2D eigenvalue weighted by atomic mass is 32.1. The summed E-state index contributed by atoms with van der Waals surface area (Å²) in [6, 6.07) is 23.5. The third-order valence-corrected chi connectivity index (χ3v) is 8.11. The van der Waals surface area contributed by atoms with Crippen LogP contribution in [-0.4, -0.2) is 69.4 Å². The van der Waals surface area contributed by atoms with Gasteiger partial charge in [-0.3, -0.25) is 19.4 Å². The quantitative estimate of drug-likeness (QED) is 0.0390. The number of aryl methyl sites for hydroxylation is 1. The van der Waals surface area contributed by atoms with Gasteiger partial charge in [0.2, 0.25) is 12.3 Å². The van der Waals surface area contributed by atoms with E-state index in [0.717, 1.165) is 48.4 Å². The number of benzene rings is 3. The van der Waals surface area contributed by atoms with Gasteiger partial charge in [-0.2, -0.15) is 0 Å². The Kier molecular flexibility index (Phi) is 30.5. The Morgan fingerprint density at radius 3 is 1.96 bits per heavy atom. The van der Waals surface area contributed by atoms with E-state index in [4.69, 9.17) is 20.1 Å². The minimum absolute atomic E-state index is 0.0440. The fraction of sp³-hybridized carbons (Fsp3) is 0.366. The van der Waals surface area contributed by atoms with E-state index >= 15 is 0 Å². The molecular formula is C41H61N7O5S. The molecule has 3 aromatic carbocycles. The Hall–Kier alpha value is -5.24. The van der Waals surface area contributed by atoms with Gasteiger partial charge in [-0.1, -0.05) is 56.3 Å². The van der Waals surface area contributed by atoms with Crippen molar-refractivity contribution in [2.24, 2.45) is 5.73 Å². The lowest BCUT2D eigenvalue weighted by Gasteiger charge is -2.19. The molecule has 2 atom stereocenters. The molecule has 0 radical (unpaired) electrons. The predicted octanol–water partition coefficient (Wildman–Crippen LogP) is 5.88. The maximum absolute atomic E-state index is 12.5. The molecule has 54 heavy (non-hydrogen) atoms. The summed E-state index contributed by atoms with van der Waals surface area (Å²) >= 11 is 1.63. The van der Waals surface area contributed by atoms with Gasteiger partial charge in [0, 0.05) is 34.6 Å². The fourth-order valence-corrected chi connectivity index (χ4v) is 5.03. The first-order valence-electron chi connectivity index (χ1n) is 17.5. The third kappa shape index (κ3) is 24.1. The highest BCUT2D eigenvalue weighted by Crippen LogP contribution is 2.17. The lowest BCUT2D eigenvalue weighted by molar-refractivity contribution is -0.123. The van der Waals surface area contributed by atoms with Gasteiger partial charge >= 0.3 is 0 Å². The van der Waals surface area contributed by atoms with Crippen LogP contribution in [0, 0.1) is 6.92 Å². The second-order valence-corrected chi connectivity index (χ2v) is 12.7. The van der Waals surface area contributed by atoms with Crippen molar-refractivity contribution in [1.29, 1.82) is 0 Å². The lowest BCUT2D eigenvalue weighted by atomic mass is 10.0. The minimum atomic E-state index is -0.332. The van der Waals surface area contributed by atoms with Gasteiger partial charge < -0.3 is 42.3 Å². The number of amides is 2. The van der Waals surface area contributed by atoms with Crippen LogP contribution in [0.25, 0.3) is 0 Å². The number of thiazole rings is 1. The lowest BCUT2D eigenvalue weighted by Crippen LogP contribution is -2.43. The Labute approximate surface area is 325 Å². The Morgan fingerprint density at radius 1 is 0.889 bits per heavy atom. The summed E-state index contributed by atoms with van der Waals surface area (Å²) < 4.78 is 0. The zero-order valence-corrected chi connectivity index (χ0v) is 33.7. The van der Waals surface area contributed by atoms with E-state index in [0.29, 0.717) is 23.7 Å². The maximum atomic E-state index is 12.5. The predicted molar refractivity (Wildman–Crippen MR) is 224 cm³/mol. The van der Waals surface area contributed by atoms with Crippen LogP contribution in [0.2, 0.25) is 0 Å². The van der Waals surface area contributed by atoms with E-state index in [1.54, 1.807) is 18.3 Å². The van der Waals surface area contributed by atoms with Crippen LogP contribution in [0.5, 0.6) is 0 Å². The Morgan fingerprint density at radius 2 is 1.50 bits per heavy atom. The van der Waals surface area contributed by atoms with Gasteiger partial charge in [-0.25, -0.2) is 0 Å². The summed E-state index contributed by atoms with van der Waals surface area (Å²) in [4.78, 5) is 53.0. The second-order valence-electron chi connectivity index (χ2n) is 12.0. The highest BCUT2D eigenvalue weighted by Gasteiger charge is 2.16. The Balaban J connectivity index is 0. The maximum Gasteiger partial charge on any atom is 0.237 e. The molecule has 12 nitrogen and oxygen atoms in total. The molecule has 8 N–H and O–H groups in total. The van der Waals surface area contributed by atoms with E-state index in [-0.39, 0.29) is 30.2 Å². The summed E-state index contributed by atoms with van der Waals surface area (Å²) in [5.74, 6) is 0.646. The number of carbonyl (C=O) groups excluding carboxylic acids is 5. The molecule has 1 aromatic heterocycles. The van der Waals surface area contributed by atoms with Crippen LogP contribution in [0.3, 0.4) is 0 Å². The molecule has 1 unspecified atom stereocenters. The number of nitrogen functional groups attached to an aromatic ring is 1. The van der Waals surface area contributed by atoms with Crippen molar-refractivity contribution >= 4 is 54.4 Å². The fourth-order valence-electron chi connectivity index (χ4n) is 4.48. The molecule has 13 heteroatoms. The van der Waals surface area contributed by atoms with Crippen molar-refractivity contribution in [3.05, 3.63) is 112 Å². The summed E-state index contributed by atoms with van der Waals surface area (Å²) in [5.41, 5.74) is 18.7. The summed E-state index contributed by atoms with van der Waals surface area (Å²) in [6.45, 7) is 18.2. The molecule has 0 fully saturated rings. The van der Waals surface area contributed by atoms with Crippen molar-refractivity contribution in [1.82, 2.24) is 20.9 Å². The zero-order chi connectivity index (χ0) is 41.3. The molecule has 4 aromatic rings. The van der Waals surface area contributed by atoms with E-state index in [1.165, 1.54) is 5.56 Å². The van der Waals surface area contributed by atoms with Crippen LogP contribution in [0.15, 0.2) is 83.7 Å². The Bertz CT molecular complexity index is 1540. The number of ketones is 1. The molecule has 296 valence electrons. The molecule has 0 aliphatic rings. The molecule has 0 aliphatic carbocycles. The second kappa shape index (κ2) is 32.4. The van der Waals surface area contributed by atoms with E-state index < -0.39 is 0 Å². The highest BCUT2D eigenvalue weighted by molar-refractivity contribution is 7.07. The number of anilines is 2. The third-order valence-electron chi connectivity index (χ3n) is 7.41. The van der Waals surface area contributed by atoms with Crippen LogP contribution < -0.4 is 32.7 Å². The first-order valence-corrected chi connectivity index (χ1v) is 18.4. The number of hydrogen-bond acceptors (Lipinski definition) is 11. The summed E-state index contributed by atoms with van der Waals surface area (Å²) in [7, 11) is 1.93. The first-order chi connectivity index (χ1) is 25.9. The van der Waals surface area contributed by atoms with Crippen molar-refractivity contribution in [2.75, 3.05) is 37.7 Å². The minimum Gasteiger partial charge on any atom is -0.399 e. The number of nitrogens with two attached hydrogens (primary N) is 2. The van der Waals surface area contributed by atoms with Crippen LogP contribution in [0.4, 0.5) is 11.4 Å². The van der Waals surface area contributed by atoms with Crippen LogP contribution >= 0.6 is 11.3 Å². The van der Waals surface area contributed by atoms with E-state index in [2.05, 4.69) is 76.2 Å². The summed E-state index contributed by atoms with van der Waals surface area (Å²) in [6.07, 6.45) is 1.97. The largest absolute Gasteiger partial charge is 0.399 e. The van der Waals surface area contributed by atoms with Gasteiger partial charge in [0.25, 0.3) is 0 Å². The molecule has 0 saturated heterocycles. The van der Waals surface area contributed by atoms with Gasteiger partial charge in [0.15, 0.2) is 5.78 Å². The molecule has 1 heterocycles. The molecule has 0 saturated carbocycles. The van der Waals surface area contributed by atoms with Crippen molar-refractivity contribution in [3.63, 3.8) is 0 Å². The smallest absolute Gasteiger partial charge is 0.237 e. The average molecular weight is 764 g/mol. The number of nitrogens with one attached hydrogen (secondary N) is 4. The molecule has 2 amide bonds. The van der Waals surface area contributed by atoms with Crippen molar-refractivity contribution < 1.29 is 24.0 Å². The van der Waals surface area contributed by atoms with Crippen molar-refractivity contribution in [2.45, 2.75) is 72.4 Å². The van der Waals surface area contributed by atoms with E-state index in [1.807, 2.05) is 94.8 Å². The zero-order valence-electron chi connectivity index (χ0n) is 32.9. The average Bonchev–Trinajstić information content (AvgIpc) is 3.67. The first kappa shape index (κ1) is 50.9. The number of aromatic nitrogens is 1. The molecule has 0 spiro atoms. The molecule has 0 bridgehead atoms. The van der Waals surface area contributed by atoms with Crippen LogP contribution in [-0.2, 0) is 25.6 Å². The number of rotatable bonds is 14. The van der Waals surface area contributed by atoms with Crippen molar-refractivity contribution in [3.8, 4) is 0 Å². The SMILES string of the molecule is C=O.C=O.CC(C)c1ccccc1.CNCCCNc1cc(CCNC(C)C(=O)N[C@H](C)c2ccc(N)cc2)cc(C(C)=O)c1.Cc1cscn1.NC=O. The van der Waals surface area contributed by atoms with Gasteiger partial charge in [0.1, 0.15) is 13.6 Å². The molecule has 4 rings (SSSR count). The van der Waals surface area contributed by atoms with Gasteiger partial charge in [-0.05, 0) is 114 Å². The van der Waals surface area contributed by atoms with Gasteiger partial charge in [-0.15, -0.1) is 11.3 Å². The number of primary amides is 1. The number of Topliss-reactive ketones (excluding diaryl/α,β-unsaturated/α-hetero) is 1. The van der Waals surface area contributed by atoms with E-state index in [9.17, 15) is 9.59 Å². The van der Waals surface area contributed by atoms with Gasteiger partial charge in [0.05, 0.1) is 17.6 Å². The normalized spacial score (nSPS) is 10.6. The summed E-state index contributed by atoms with van der Waals surface area (Å²) in [5, 5.41) is 14.8.